The second-order valence-electron chi connectivity index (χ2n) is 4.08. The molecular formula is C13H15Cl4N3O. The standard InChI is InChI=1S/C13H13Cl2N3O.2ClH/c1-7-8(2)17-18-13(10(7)6-16)19-12-4-3-9(14)5-11(12)15;;/h3-5H,6,16H2,1-2H3;2*1H. The quantitative estimate of drug-likeness (QED) is 0.864. The third-order valence-corrected chi connectivity index (χ3v) is 3.38. The van der Waals surface area contributed by atoms with E-state index in [1.54, 1.807) is 18.2 Å². The molecule has 0 fully saturated rings. The van der Waals surface area contributed by atoms with Crippen molar-refractivity contribution in [3.05, 3.63) is 45.1 Å². The van der Waals surface area contributed by atoms with Gasteiger partial charge < -0.3 is 10.5 Å². The minimum atomic E-state index is 0. The molecule has 0 aliphatic rings. The van der Waals surface area contributed by atoms with Gasteiger partial charge in [0.2, 0.25) is 5.88 Å². The van der Waals surface area contributed by atoms with Crippen molar-refractivity contribution in [3.8, 4) is 11.6 Å². The third-order valence-electron chi connectivity index (χ3n) is 2.85. The first-order valence-corrected chi connectivity index (χ1v) is 6.44. The van der Waals surface area contributed by atoms with Crippen LogP contribution in [0.4, 0.5) is 0 Å². The van der Waals surface area contributed by atoms with Gasteiger partial charge in [-0.15, -0.1) is 29.9 Å². The molecule has 116 valence electrons. The Labute approximate surface area is 145 Å². The van der Waals surface area contributed by atoms with Gasteiger partial charge in [-0.05, 0) is 37.6 Å². The molecule has 0 aliphatic carbocycles. The molecule has 0 spiro atoms. The van der Waals surface area contributed by atoms with Crippen LogP contribution in [0.1, 0.15) is 16.8 Å². The van der Waals surface area contributed by atoms with Crippen LogP contribution in [0.25, 0.3) is 0 Å². The molecule has 0 amide bonds. The highest BCUT2D eigenvalue weighted by Gasteiger charge is 2.13. The van der Waals surface area contributed by atoms with Gasteiger partial charge in [0.25, 0.3) is 0 Å². The molecular weight excluding hydrogens is 356 g/mol. The summed E-state index contributed by atoms with van der Waals surface area (Å²) in [6.45, 7) is 4.13. The van der Waals surface area contributed by atoms with E-state index in [1.807, 2.05) is 13.8 Å². The number of aryl methyl sites for hydroxylation is 1. The van der Waals surface area contributed by atoms with Gasteiger partial charge in [-0.25, -0.2) is 0 Å². The molecule has 0 unspecified atom stereocenters. The summed E-state index contributed by atoms with van der Waals surface area (Å²) in [7, 11) is 0. The smallest absolute Gasteiger partial charge is 0.243 e. The Morgan fingerprint density at radius 2 is 1.81 bits per heavy atom. The van der Waals surface area contributed by atoms with E-state index in [4.69, 9.17) is 33.7 Å². The first-order chi connectivity index (χ1) is 9.02. The SMILES string of the molecule is Cc1nnc(Oc2ccc(Cl)cc2Cl)c(CN)c1C.Cl.Cl. The molecule has 2 rings (SSSR count). The van der Waals surface area contributed by atoms with Crippen molar-refractivity contribution in [2.24, 2.45) is 5.73 Å². The number of nitrogens with two attached hydrogens (primary N) is 1. The Hall–Kier alpha value is -0.780. The molecule has 21 heavy (non-hydrogen) atoms. The maximum atomic E-state index is 6.06. The number of hydrogen-bond donors (Lipinski definition) is 1. The van der Waals surface area contributed by atoms with Crippen LogP contribution in [0.3, 0.4) is 0 Å². The Morgan fingerprint density at radius 3 is 2.38 bits per heavy atom. The first kappa shape index (κ1) is 20.2. The highest BCUT2D eigenvalue weighted by molar-refractivity contribution is 6.35. The predicted octanol–water partition coefficient (Wildman–Crippen LogP) is 4.49. The normalized spacial score (nSPS) is 9.57. The number of ether oxygens (including phenoxy) is 1. The molecule has 0 atom stereocenters. The van der Waals surface area contributed by atoms with E-state index in [-0.39, 0.29) is 24.8 Å². The number of halogens is 4. The summed E-state index contributed by atoms with van der Waals surface area (Å²) in [6, 6.07) is 4.98. The van der Waals surface area contributed by atoms with E-state index in [0.29, 0.717) is 28.2 Å². The fraction of sp³-hybridized carbons (Fsp3) is 0.231. The largest absolute Gasteiger partial charge is 0.436 e. The summed E-state index contributed by atoms with van der Waals surface area (Å²) in [5, 5.41) is 9.01. The van der Waals surface area contributed by atoms with Gasteiger partial charge in [0.05, 0.1) is 10.7 Å². The summed E-state index contributed by atoms with van der Waals surface area (Å²) < 4.78 is 5.68. The maximum absolute atomic E-state index is 6.06. The first-order valence-electron chi connectivity index (χ1n) is 5.68. The zero-order chi connectivity index (χ0) is 14.0. The summed E-state index contributed by atoms with van der Waals surface area (Å²) >= 11 is 11.9. The molecule has 0 aliphatic heterocycles. The summed E-state index contributed by atoms with van der Waals surface area (Å²) in [6.07, 6.45) is 0. The highest BCUT2D eigenvalue weighted by Crippen LogP contribution is 2.32. The lowest BCUT2D eigenvalue weighted by atomic mass is 10.1. The molecule has 0 saturated carbocycles. The van der Waals surface area contributed by atoms with Crippen LogP contribution >= 0.6 is 48.0 Å². The van der Waals surface area contributed by atoms with Gasteiger partial charge in [-0.2, -0.15) is 5.10 Å². The molecule has 0 bridgehead atoms. The van der Waals surface area contributed by atoms with Crippen molar-refractivity contribution in [2.45, 2.75) is 20.4 Å². The predicted molar refractivity (Wildman–Crippen MR) is 90.4 cm³/mol. The topological polar surface area (TPSA) is 61.0 Å². The van der Waals surface area contributed by atoms with Crippen molar-refractivity contribution in [1.29, 1.82) is 0 Å². The number of aromatic nitrogens is 2. The lowest BCUT2D eigenvalue weighted by Gasteiger charge is -2.12. The Bertz CT molecular complexity index is 623. The van der Waals surface area contributed by atoms with Crippen molar-refractivity contribution < 1.29 is 4.74 Å². The van der Waals surface area contributed by atoms with Crippen LogP contribution in [-0.2, 0) is 6.54 Å². The highest BCUT2D eigenvalue weighted by atomic mass is 35.5. The number of nitrogens with zero attached hydrogens (tertiary/aromatic N) is 2. The summed E-state index contributed by atoms with van der Waals surface area (Å²) in [4.78, 5) is 0. The van der Waals surface area contributed by atoms with Crippen LogP contribution in [0, 0.1) is 13.8 Å². The lowest BCUT2D eigenvalue weighted by Crippen LogP contribution is -2.07. The van der Waals surface area contributed by atoms with E-state index in [9.17, 15) is 0 Å². The minimum absolute atomic E-state index is 0. The summed E-state index contributed by atoms with van der Waals surface area (Å²) in [5.74, 6) is 0.841. The molecule has 4 nitrogen and oxygen atoms in total. The van der Waals surface area contributed by atoms with Gasteiger partial charge >= 0.3 is 0 Å². The van der Waals surface area contributed by atoms with Crippen LogP contribution in [-0.4, -0.2) is 10.2 Å². The maximum Gasteiger partial charge on any atom is 0.243 e. The molecule has 1 aromatic heterocycles. The second-order valence-corrected chi connectivity index (χ2v) is 4.92. The van der Waals surface area contributed by atoms with Crippen LogP contribution in [0.2, 0.25) is 10.0 Å². The minimum Gasteiger partial charge on any atom is -0.436 e. The average molecular weight is 371 g/mol. The van der Waals surface area contributed by atoms with Gasteiger partial charge in [-0.3, -0.25) is 0 Å². The molecule has 1 aromatic carbocycles. The van der Waals surface area contributed by atoms with E-state index in [1.165, 1.54) is 0 Å². The van der Waals surface area contributed by atoms with Crippen molar-refractivity contribution in [2.75, 3.05) is 0 Å². The molecule has 1 heterocycles. The molecule has 8 heteroatoms. The number of hydrogen-bond acceptors (Lipinski definition) is 4. The third kappa shape index (κ3) is 4.59. The summed E-state index contributed by atoms with van der Waals surface area (Å²) in [5.41, 5.74) is 8.35. The Balaban J connectivity index is 0.00000200. The number of rotatable bonds is 3. The fourth-order valence-corrected chi connectivity index (χ4v) is 2.07. The molecule has 0 saturated heterocycles. The van der Waals surface area contributed by atoms with Gasteiger partial charge in [0, 0.05) is 17.1 Å². The van der Waals surface area contributed by atoms with Crippen molar-refractivity contribution in [3.63, 3.8) is 0 Å². The van der Waals surface area contributed by atoms with Crippen LogP contribution < -0.4 is 10.5 Å². The Morgan fingerprint density at radius 1 is 1.14 bits per heavy atom. The second kappa shape index (κ2) is 8.61. The van der Waals surface area contributed by atoms with Crippen LogP contribution in [0.15, 0.2) is 18.2 Å². The average Bonchev–Trinajstić information content (AvgIpc) is 2.37. The van der Waals surface area contributed by atoms with Gasteiger partial charge in [0.15, 0.2) is 0 Å². The van der Waals surface area contributed by atoms with E-state index in [0.717, 1.165) is 16.8 Å². The lowest BCUT2D eigenvalue weighted by molar-refractivity contribution is 0.446. The molecule has 2 aromatic rings. The molecule has 0 radical (unpaired) electrons. The fourth-order valence-electron chi connectivity index (χ4n) is 1.62. The monoisotopic (exact) mass is 369 g/mol. The van der Waals surface area contributed by atoms with E-state index < -0.39 is 0 Å². The van der Waals surface area contributed by atoms with Crippen LogP contribution in [0.5, 0.6) is 11.6 Å². The number of benzene rings is 1. The zero-order valence-electron chi connectivity index (χ0n) is 11.4. The Kier molecular flexibility index (Phi) is 8.29. The molecule has 2 N–H and O–H groups in total. The van der Waals surface area contributed by atoms with E-state index >= 15 is 0 Å². The van der Waals surface area contributed by atoms with Crippen molar-refractivity contribution >= 4 is 48.0 Å². The van der Waals surface area contributed by atoms with Gasteiger partial charge in [-0.1, -0.05) is 23.2 Å². The van der Waals surface area contributed by atoms with E-state index in [2.05, 4.69) is 10.2 Å². The zero-order valence-corrected chi connectivity index (χ0v) is 14.5. The van der Waals surface area contributed by atoms with Crippen molar-refractivity contribution in [1.82, 2.24) is 10.2 Å². The van der Waals surface area contributed by atoms with Gasteiger partial charge in [0.1, 0.15) is 5.75 Å².